The predicted octanol–water partition coefficient (Wildman–Crippen LogP) is 3.76. The second-order valence-corrected chi connectivity index (χ2v) is 3.88. The van der Waals surface area contributed by atoms with Gasteiger partial charge >= 0.3 is 0 Å². The highest BCUT2D eigenvalue weighted by Gasteiger charge is 2.12. The number of hydrogen-bond donors (Lipinski definition) is 0. The molecule has 2 aromatic rings. The third-order valence-corrected chi connectivity index (χ3v) is 2.56. The topological polar surface area (TPSA) is 35.5 Å². The largest absolute Gasteiger partial charge is 0.497 e. The molecule has 0 radical (unpaired) electrons. The van der Waals surface area contributed by atoms with Crippen molar-refractivity contribution in [1.82, 2.24) is 0 Å². The Kier molecular flexibility index (Phi) is 6.37. The second kappa shape index (κ2) is 8.02. The molecule has 0 heterocycles. The van der Waals surface area contributed by atoms with Crippen molar-refractivity contribution in [3.63, 3.8) is 0 Å². The van der Waals surface area contributed by atoms with E-state index >= 15 is 0 Å². The summed E-state index contributed by atoms with van der Waals surface area (Å²) in [7, 11) is 2.67. The van der Waals surface area contributed by atoms with Crippen molar-refractivity contribution in [2.75, 3.05) is 14.2 Å². The lowest BCUT2D eigenvalue weighted by atomic mass is 10.2. The molecule has 2 aromatic carbocycles. The van der Waals surface area contributed by atoms with E-state index in [4.69, 9.17) is 0 Å². The first-order chi connectivity index (χ1) is 10.4. The molecule has 0 saturated carbocycles. The van der Waals surface area contributed by atoms with Crippen LogP contribution in [-0.4, -0.2) is 20.5 Å². The van der Waals surface area contributed by atoms with Crippen LogP contribution in [0.25, 0.3) is 0 Å². The van der Waals surface area contributed by atoms with Crippen molar-refractivity contribution in [2.24, 2.45) is 0 Å². The summed E-state index contributed by atoms with van der Waals surface area (Å²) in [5, 5.41) is 0. The molecule has 0 amide bonds. The molecule has 0 atom stereocenters. The van der Waals surface area contributed by atoms with Crippen LogP contribution < -0.4 is 9.47 Å². The summed E-state index contributed by atoms with van der Waals surface area (Å²) in [6.45, 7) is 0. The van der Waals surface area contributed by atoms with Crippen LogP contribution in [0.2, 0.25) is 0 Å². The quantitative estimate of drug-likeness (QED) is 0.639. The van der Waals surface area contributed by atoms with Crippen LogP contribution in [-0.2, 0) is 0 Å². The van der Waals surface area contributed by atoms with E-state index in [1.165, 1.54) is 26.4 Å². The maximum absolute atomic E-state index is 12.8. The minimum absolute atomic E-state index is 0.0314. The van der Waals surface area contributed by atoms with Crippen molar-refractivity contribution >= 4 is 6.29 Å². The van der Waals surface area contributed by atoms with Crippen molar-refractivity contribution < 1.29 is 31.8 Å². The van der Waals surface area contributed by atoms with Gasteiger partial charge in [-0.2, -0.15) is 0 Å². The Balaban J connectivity index is 0.000000224. The molecule has 0 aliphatic carbocycles. The van der Waals surface area contributed by atoms with Gasteiger partial charge in [-0.3, -0.25) is 4.79 Å². The highest BCUT2D eigenvalue weighted by Crippen LogP contribution is 2.21. The minimum atomic E-state index is -1.18. The summed E-state index contributed by atoms with van der Waals surface area (Å²) >= 11 is 0. The Bertz CT molecular complexity index is 659. The molecule has 3 nitrogen and oxygen atoms in total. The monoisotopic (exact) mass is 316 g/mol. The van der Waals surface area contributed by atoms with Crippen LogP contribution in [0.5, 0.6) is 11.5 Å². The zero-order chi connectivity index (χ0) is 16.7. The summed E-state index contributed by atoms with van der Waals surface area (Å²) in [5.41, 5.74) is -0.391. The summed E-state index contributed by atoms with van der Waals surface area (Å²) in [6, 6.07) is 5.48. The molecular weight excluding hydrogens is 304 g/mol. The van der Waals surface area contributed by atoms with Gasteiger partial charge in [-0.15, -0.1) is 0 Å². The van der Waals surface area contributed by atoms with E-state index in [9.17, 15) is 22.4 Å². The molecule has 0 aromatic heterocycles. The Morgan fingerprint density at radius 1 is 0.864 bits per heavy atom. The first-order valence-electron chi connectivity index (χ1n) is 5.90. The zero-order valence-corrected chi connectivity index (χ0v) is 11.7. The van der Waals surface area contributed by atoms with E-state index < -0.39 is 28.8 Å². The molecule has 2 rings (SSSR count). The van der Waals surface area contributed by atoms with E-state index in [1.807, 2.05) is 0 Å². The van der Waals surface area contributed by atoms with Crippen LogP contribution in [0, 0.1) is 23.3 Å². The number of ether oxygens (including phenoxy) is 2. The Labute approximate surface area is 124 Å². The Morgan fingerprint density at radius 3 is 2.00 bits per heavy atom. The summed E-state index contributed by atoms with van der Waals surface area (Å²) in [5.74, 6) is -3.63. The zero-order valence-electron chi connectivity index (χ0n) is 11.7. The number of halogens is 4. The van der Waals surface area contributed by atoms with Crippen molar-refractivity contribution in [3.8, 4) is 11.5 Å². The maximum atomic E-state index is 12.8. The number of hydrogen-bond acceptors (Lipinski definition) is 3. The van der Waals surface area contributed by atoms with Gasteiger partial charge in [-0.05, 0) is 24.3 Å². The molecule has 0 N–H and O–H groups in total. The standard InChI is InChI=1S/C8H6F2O2.C7H6F2O/c1-12-7-3-2-6(9)8(10)5(7)4-11;1-10-5-2-3-6(8)7(9)4-5/h2-4H,1H3;2-4H,1H3. The lowest BCUT2D eigenvalue weighted by Gasteiger charge is -2.03. The number of methoxy groups -OCH3 is 2. The van der Waals surface area contributed by atoms with E-state index in [-0.39, 0.29) is 12.0 Å². The van der Waals surface area contributed by atoms with Gasteiger partial charge in [0.05, 0.1) is 19.8 Å². The molecule has 0 fully saturated rings. The molecule has 0 bridgehead atoms. The molecule has 0 aliphatic rings. The predicted molar refractivity (Wildman–Crippen MR) is 71.2 cm³/mol. The first kappa shape index (κ1) is 17.5. The van der Waals surface area contributed by atoms with Gasteiger partial charge in [-0.1, -0.05) is 0 Å². The number of carbonyl (C=O) groups is 1. The average molecular weight is 316 g/mol. The third-order valence-electron chi connectivity index (χ3n) is 2.56. The van der Waals surface area contributed by atoms with Crippen LogP contribution >= 0.6 is 0 Å². The first-order valence-corrected chi connectivity index (χ1v) is 5.90. The van der Waals surface area contributed by atoms with Gasteiger partial charge in [0.25, 0.3) is 0 Å². The highest BCUT2D eigenvalue weighted by atomic mass is 19.2. The third kappa shape index (κ3) is 4.21. The summed E-state index contributed by atoms with van der Waals surface area (Å²) in [6.07, 6.45) is 0.219. The minimum Gasteiger partial charge on any atom is -0.497 e. The van der Waals surface area contributed by atoms with Gasteiger partial charge in [-0.25, -0.2) is 17.6 Å². The lowest BCUT2D eigenvalue weighted by Crippen LogP contribution is -1.97. The molecule has 22 heavy (non-hydrogen) atoms. The van der Waals surface area contributed by atoms with Crippen LogP contribution in [0.3, 0.4) is 0 Å². The van der Waals surface area contributed by atoms with Crippen LogP contribution in [0.4, 0.5) is 17.6 Å². The Hall–Kier alpha value is -2.57. The van der Waals surface area contributed by atoms with Gasteiger partial charge in [0, 0.05) is 6.07 Å². The number of carbonyl (C=O) groups excluding carboxylic acids is 1. The molecule has 7 heteroatoms. The summed E-state index contributed by atoms with van der Waals surface area (Å²) < 4.78 is 59.0. The van der Waals surface area contributed by atoms with Crippen LogP contribution in [0.15, 0.2) is 30.3 Å². The van der Waals surface area contributed by atoms with E-state index in [0.717, 1.165) is 18.2 Å². The fourth-order valence-electron chi connectivity index (χ4n) is 1.44. The van der Waals surface area contributed by atoms with E-state index in [2.05, 4.69) is 9.47 Å². The van der Waals surface area contributed by atoms with Crippen molar-refractivity contribution in [2.45, 2.75) is 0 Å². The normalized spacial score (nSPS) is 9.55. The van der Waals surface area contributed by atoms with Crippen molar-refractivity contribution in [1.29, 1.82) is 0 Å². The van der Waals surface area contributed by atoms with Gasteiger partial charge in [0.1, 0.15) is 11.5 Å². The number of benzene rings is 2. The van der Waals surface area contributed by atoms with Crippen molar-refractivity contribution in [3.05, 3.63) is 59.2 Å². The molecule has 0 spiro atoms. The smallest absolute Gasteiger partial charge is 0.173 e. The summed E-state index contributed by atoms with van der Waals surface area (Å²) in [4.78, 5) is 10.3. The van der Waals surface area contributed by atoms with E-state index in [0.29, 0.717) is 5.75 Å². The fourth-order valence-corrected chi connectivity index (χ4v) is 1.44. The fraction of sp³-hybridized carbons (Fsp3) is 0.133. The van der Waals surface area contributed by atoms with Gasteiger partial charge in [0.2, 0.25) is 0 Å². The lowest BCUT2D eigenvalue weighted by molar-refractivity contribution is 0.111. The molecule has 0 aliphatic heterocycles. The molecule has 0 saturated heterocycles. The van der Waals surface area contributed by atoms with Crippen LogP contribution in [0.1, 0.15) is 10.4 Å². The maximum Gasteiger partial charge on any atom is 0.173 e. The highest BCUT2D eigenvalue weighted by molar-refractivity contribution is 5.79. The Morgan fingerprint density at radius 2 is 1.50 bits per heavy atom. The van der Waals surface area contributed by atoms with E-state index in [1.54, 1.807) is 0 Å². The molecule has 118 valence electrons. The SMILES string of the molecule is COc1ccc(F)c(F)c1.COc1ccc(F)c(F)c1C=O. The molecular formula is C15H12F4O3. The van der Waals surface area contributed by atoms with Gasteiger partial charge < -0.3 is 9.47 Å². The number of aldehydes is 1. The second-order valence-electron chi connectivity index (χ2n) is 3.88. The number of rotatable bonds is 3. The van der Waals surface area contributed by atoms with Gasteiger partial charge in [0.15, 0.2) is 29.6 Å². The average Bonchev–Trinajstić information content (AvgIpc) is 2.53. The molecule has 0 unspecified atom stereocenters.